The summed E-state index contributed by atoms with van der Waals surface area (Å²) < 4.78 is 5.24. The van der Waals surface area contributed by atoms with Crippen LogP contribution in [0.5, 0.6) is 5.75 Å². The van der Waals surface area contributed by atoms with Gasteiger partial charge in [0.2, 0.25) is 0 Å². The van der Waals surface area contributed by atoms with Gasteiger partial charge in [0, 0.05) is 16.7 Å². The van der Waals surface area contributed by atoms with Crippen molar-refractivity contribution in [2.75, 3.05) is 6.61 Å². The van der Waals surface area contributed by atoms with Gasteiger partial charge in [0.25, 0.3) is 11.6 Å². The van der Waals surface area contributed by atoms with Crippen LogP contribution in [0.15, 0.2) is 41.5 Å². The number of benzene rings is 2. The highest BCUT2D eigenvalue weighted by molar-refractivity contribution is 6.35. The predicted molar refractivity (Wildman–Crippen MR) is 95.8 cm³/mol. The lowest BCUT2D eigenvalue weighted by Gasteiger charge is -2.06. The first-order chi connectivity index (χ1) is 11.9. The van der Waals surface area contributed by atoms with Gasteiger partial charge in [0.1, 0.15) is 10.8 Å². The quantitative estimate of drug-likeness (QED) is 0.447. The first-order valence-electron chi connectivity index (χ1n) is 6.70. The Hall–Kier alpha value is -2.35. The highest BCUT2D eigenvalue weighted by atomic mass is 35.5. The molecule has 0 aliphatic carbocycles. The van der Waals surface area contributed by atoms with Crippen LogP contribution in [-0.2, 0) is 4.79 Å². The zero-order chi connectivity index (χ0) is 18.4. The molecule has 0 aromatic heterocycles. The maximum Gasteiger partial charge on any atom is 0.288 e. The van der Waals surface area contributed by atoms with E-state index in [1.165, 1.54) is 36.5 Å². The summed E-state index contributed by atoms with van der Waals surface area (Å²) >= 11 is 17.4. The molecule has 2 aromatic rings. The van der Waals surface area contributed by atoms with Crippen LogP contribution >= 0.6 is 34.8 Å². The van der Waals surface area contributed by atoms with E-state index in [9.17, 15) is 14.9 Å². The Morgan fingerprint density at radius 2 is 1.96 bits per heavy atom. The summed E-state index contributed by atoms with van der Waals surface area (Å²) in [4.78, 5) is 21.9. The van der Waals surface area contributed by atoms with Gasteiger partial charge in [-0.3, -0.25) is 14.9 Å². The minimum absolute atomic E-state index is 0.0134. The minimum Gasteiger partial charge on any atom is -0.482 e. The van der Waals surface area contributed by atoms with E-state index in [-0.39, 0.29) is 22.3 Å². The topological polar surface area (TPSA) is 93.8 Å². The molecular formula is C15H10Cl3N3O4. The Morgan fingerprint density at radius 1 is 1.20 bits per heavy atom. The van der Waals surface area contributed by atoms with Gasteiger partial charge < -0.3 is 4.74 Å². The number of hydrazone groups is 1. The fraction of sp³-hybridized carbons (Fsp3) is 0.0667. The Morgan fingerprint density at radius 3 is 2.64 bits per heavy atom. The van der Waals surface area contributed by atoms with Crippen molar-refractivity contribution in [1.29, 1.82) is 0 Å². The number of halogens is 3. The molecule has 130 valence electrons. The number of nitrogens with zero attached hydrogens (tertiary/aromatic N) is 2. The summed E-state index contributed by atoms with van der Waals surface area (Å²) in [5.41, 5.74) is 2.38. The maximum absolute atomic E-state index is 11.7. The normalized spacial score (nSPS) is 10.7. The van der Waals surface area contributed by atoms with E-state index in [2.05, 4.69) is 10.5 Å². The van der Waals surface area contributed by atoms with Gasteiger partial charge in [-0.05, 0) is 24.3 Å². The maximum atomic E-state index is 11.7. The molecule has 1 amide bonds. The van der Waals surface area contributed by atoms with Crippen LogP contribution in [0.25, 0.3) is 0 Å². The van der Waals surface area contributed by atoms with Crippen molar-refractivity contribution in [1.82, 2.24) is 5.43 Å². The third-order valence-electron chi connectivity index (χ3n) is 2.82. The molecule has 0 spiro atoms. The largest absolute Gasteiger partial charge is 0.482 e. The first-order valence-corrected chi connectivity index (χ1v) is 7.84. The second-order valence-corrected chi connectivity index (χ2v) is 5.88. The molecule has 0 unspecified atom stereocenters. The number of amides is 1. The molecule has 2 aromatic carbocycles. The van der Waals surface area contributed by atoms with E-state index in [1.807, 2.05) is 0 Å². The summed E-state index contributed by atoms with van der Waals surface area (Å²) in [5.74, 6) is -0.232. The van der Waals surface area contributed by atoms with Crippen LogP contribution in [0.4, 0.5) is 5.69 Å². The average molecular weight is 403 g/mol. The van der Waals surface area contributed by atoms with Crippen molar-refractivity contribution < 1.29 is 14.5 Å². The average Bonchev–Trinajstić information content (AvgIpc) is 2.55. The second kappa shape index (κ2) is 8.66. The number of nitro groups is 1. The number of ether oxygens (including phenoxy) is 1. The molecule has 0 saturated carbocycles. The molecular weight excluding hydrogens is 393 g/mol. The van der Waals surface area contributed by atoms with Gasteiger partial charge >= 0.3 is 0 Å². The third kappa shape index (κ3) is 5.60. The van der Waals surface area contributed by atoms with Gasteiger partial charge in [0.05, 0.1) is 16.2 Å². The fourth-order valence-electron chi connectivity index (χ4n) is 1.70. The molecule has 7 nitrogen and oxygen atoms in total. The number of hydrogen-bond acceptors (Lipinski definition) is 5. The van der Waals surface area contributed by atoms with E-state index >= 15 is 0 Å². The lowest BCUT2D eigenvalue weighted by Crippen LogP contribution is -2.24. The van der Waals surface area contributed by atoms with Crippen molar-refractivity contribution in [2.45, 2.75) is 0 Å². The van der Waals surface area contributed by atoms with Gasteiger partial charge in [-0.25, -0.2) is 5.43 Å². The molecule has 0 saturated heterocycles. The summed E-state index contributed by atoms with van der Waals surface area (Å²) in [6, 6.07) is 8.73. The molecule has 10 heteroatoms. The minimum atomic E-state index is -0.609. The lowest BCUT2D eigenvalue weighted by atomic mass is 10.2. The Labute approximate surface area is 157 Å². The molecule has 1 N–H and O–H groups in total. The molecule has 0 radical (unpaired) electrons. The summed E-state index contributed by atoms with van der Waals surface area (Å²) in [6.45, 7) is -0.320. The van der Waals surface area contributed by atoms with E-state index in [0.717, 1.165) is 0 Å². The van der Waals surface area contributed by atoms with Crippen LogP contribution in [0, 0.1) is 10.1 Å². The van der Waals surface area contributed by atoms with Crippen LogP contribution in [-0.4, -0.2) is 23.7 Å². The van der Waals surface area contributed by atoms with E-state index < -0.39 is 10.8 Å². The highest BCUT2D eigenvalue weighted by Crippen LogP contribution is 2.27. The smallest absolute Gasteiger partial charge is 0.288 e. The number of carbonyl (C=O) groups is 1. The van der Waals surface area contributed by atoms with E-state index in [1.54, 1.807) is 6.07 Å². The Balaban J connectivity index is 1.90. The molecule has 0 aliphatic rings. The standard InChI is InChI=1S/C15H10Cl3N3O4/c16-10-2-4-14(12(18)6-10)25-8-15(22)20-19-7-9-1-3-11(17)13(5-9)21(23)24/h1-7H,8H2,(H,20,22). The molecule has 0 fully saturated rings. The Bertz CT molecular complexity index is 843. The zero-order valence-electron chi connectivity index (χ0n) is 12.4. The molecule has 0 atom stereocenters. The third-order valence-corrected chi connectivity index (χ3v) is 3.67. The number of carbonyl (C=O) groups excluding carboxylic acids is 1. The second-order valence-electron chi connectivity index (χ2n) is 4.62. The lowest BCUT2D eigenvalue weighted by molar-refractivity contribution is -0.384. The van der Waals surface area contributed by atoms with Crippen molar-refractivity contribution in [3.05, 3.63) is 67.1 Å². The van der Waals surface area contributed by atoms with Crippen molar-refractivity contribution in [3.63, 3.8) is 0 Å². The van der Waals surface area contributed by atoms with Crippen molar-refractivity contribution >= 4 is 52.6 Å². The molecule has 25 heavy (non-hydrogen) atoms. The highest BCUT2D eigenvalue weighted by Gasteiger charge is 2.12. The molecule has 0 aliphatic heterocycles. The molecule has 0 bridgehead atoms. The number of nitrogens with one attached hydrogen (secondary N) is 1. The predicted octanol–water partition coefficient (Wildman–Crippen LogP) is 4.08. The fourth-order valence-corrected chi connectivity index (χ4v) is 2.35. The number of rotatable bonds is 6. The van der Waals surface area contributed by atoms with Crippen LogP contribution < -0.4 is 10.2 Å². The van der Waals surface area contributed by atoms with E-state index in [0.29, 0.717) is 16.3 Å². The van der Waals surface area contributed by atoms with Crippen LogP contribution in [0.3, 0.4) is 0 Å². The summed E-state index contributed by atoms with van der Waals surface area (Å²) in [7, 11) is 0. The molecule has 2 rings (SSSR count). The van der Waals surface area contributed by atoms with Crippen molar-refractivity contribution in [2.24, 2.45) is 5.10 Å². The number of nitro benzene ring substituents is 1. The van der Waals surface area contributed by atoms with Crippen LogP contribution in [0.2, 0.25) is 15.1 Å². The van der Waals surface area contributed by atoms with Gasteiger partial charge in [-0.15, -0.1) is 0 Å². The summed E-state index contributed by atoms with van der Waals surface area (Å²) in [5, 5.41) is 15.2. The van der Waals surface area contributed by atoms with E-state index in [4.69, 9.17) is 39.5 Å². The molecule has 0 heterocycles. The number of hydrogen-bond donors (Lipinski definition) is 1. The first kappa shape index (κ1) is 19.0. The van der Waals surface area contributed by atoms with Crippen molar-refractivity contribution in [3.8, 4) is 5.75 Å². The van der Waals surface area contributed by atoms with Gasteiger partial charge in [0.15, 0.2) is 6.61 Å². The monoisotopic (exact) mass is 401 g/mol. The van der Waals surface area contributed by atoms with Gasteiger partial charge in [-0.2, -0.15) is 5.10 Å². The SMILES string of the molecule is O=C(COc1ccc(Cl)cc1Cl)NN=Cc1ccc(Cl)c([N+](=O)[O-])c1. The van der Waals surface area contributed by atoms with Crippen LogP contribution in [0.1, 0.15) is 5.56 Å². The Kier molecular flexibility index (Phi) is 6.58. The zero-order valence-corrected chi connectivity index (χ0v) is 14.7. The summed E-state index contributed by atoms with van der Waals surface area (Å²) in [6.07, 6.45) is 1.25. The van der Waals surface area contributed by atoms with Gasteiger partial charge in [-0.1, -0.05) is 40.9 Å².